The van der Waals surface area contributed by atoms with Crippen LogP contribution in [-0.2, 0) is 22.4 Å². The zero-order valence-electron chi connectivity index (χ0n) is 16.3. The Hall–Kier alpha value is -2.31. The Balaban J connectivity index is 1.69. The monoisotopic (exact) mass is 434 g/mol. The zero-order valence-corrected chi connectivity index (χ0v) is 17.8. The summed E-state index contributed by atoms with van der Waals surface area (Å²) in [5.41, 5.74) is 8.00. The summed E-state index contributed by atoms with van der Waals surface area (Å²) in [5.74, 6) is 0.384. The third kappa shape index (κ3) is 5.40. The van der Waals surface area contributed by atoms with Crippen molar-refractivity contribution >= 4 is 46.4 Å². The van der Waals surface area contributed by atoms with E-state index in [0.29, 0.717) is 29.0 Å². The number of halogens is 2. The van der Waals surface area contributed by atoms with E-state index in [-0.39, 0.29) is 24.5 Å². The average molecular weight is 435 g/mol. The Morgan fingerprint density at radius 3 is 2.52 bits per heavy atom. The summed E-state index contributed by atoms with van der Waals surface area (Å²) in [6, 6.07) is 6.64. The van der Waals surface area contributed by atoms with E-state index in [1.54, 1.807) is 24.4 Å². The molecule has 8 heteroatoms. The quantitative estimate of drug-likeness (QED) is 0.622. The maximum atomic E-state index is 12.5. The van der Waals surface area contributed by atoms with Crippen LogP contribution in [0.3, 0.4) is 0 Å². The molecule has 0 saturated carbocycles. The first-order valence-corrected chi connectivity index (χ1v) is 10.4. The topological polar surface area (TPSA) is 88.3 Å². The first kappa shape index (κ1) is 21.4. The molecule has 1 amide bonds. The second-order valence-corrected chi connectivity index (χ2v) is 8.12. The second-order valence-electron chi connectivity index (χ2n) is 7.25. The fourth-order valence-corrected chi connectivity index (χ4v) is 4.11. The molecule has 1 aromatic heterocycles. The number of hydrogen-bond acceptors (Lipinski definition) is 5. The molecule has 1 unspecified atom stereocenters. The molecule has 0 saturated heterocycles. The second kappa shape index (κ2) is 9.46. The van der Waals surface area contributed by atoms with Crippen LogP contribution in [0.25, 0.3) is 0 Å². The van der Waals surface area contributed by atoms with Crippen LogP contribution in [0.1, 0.15) is 37.3 Å². The van der Waals surface area contributed by atoms with Crippen molar-refractivity contribution in [2.75, 3.05) is 16.9 Å². The predicted molar refractivity (Wildman–Crippen MR) is 117 cm³/mol. The highest BCUT2D eigenvalue weighted by atomic mass is 35.5. The van der Waals surface area contributed by atoms with Crippen molar-refractivity contribution in [3.63, 3.8) is 0 Å². The minimum Gasteiger partial charge on any atom is -0.368 e. The fraction of sp³-hybridized carbons (Fsp3) is 0.381. The highest BCUT2D eigenvalue weighted by Gasteiger charge is 2.30. The number of rotatable bonds is 9. The van der Waals surface area contributed by atoms with E-state index in [1.807, 2.05) is 11.0 Å². The third-order valence-electron chi connectivity index (χ3n) is 4.90. The number of unbranched alkanes of at least 4 members (excludes halogenated alkanes) is 1. The van der Waals surface area contributed by atoms with Gasteiger partial charge in [-0.05, 0) is 41.8 Å². The number of primary amides is 1. The number of nitrogens with one attached hydrogen (secondary N) is 1. The number of fused-ring (bicyclic) bond motifs is 1. The summed E-state index contributed by atoms with van der Waals surface area (Å²) in [6.45, 7) is 2.55. The molecule has 29 heavy (non-hydrogen) atoms. The van der Waals surface area contributed by atoms with Crippen LogP contribution >= 0.6 is 23.2 Å². The summed E-state index contributed by atoms with van der Waals surface area (Å²) >= 11 is 12.0. The van der Waals surface area contributed by atoms with Crippen LogP contribution in [0.15, 0.2) is 30.5 Å². The van der Waals surface area contributed by atoms with Gasteiger partial charge in [0.2, 0.25) is 5.91 Å². The molecule has 1 aliphatic rings. The standard InChI is InChI=1S/C21H24Cl2N4O2/c1-2-3-4-19(20(24)29)27-12-26-18-9-14(11-25-21(18)27)8-17(28)7-13-5-15(22)10-16(23)6-13/h5-6,9-11,19,26H,2-4,7-8,12H2,1H3,(H2,24,29). The molecule has 6 nitrogen and oxygen atoms in total. The number of benzene rings is 1. The highest BCUT2D eigenvalue weighted by molar-refractivity contribution is 6.34. The van der Waals surface area contributed by atoms with Gasteiger partial charge >= 0.3 is 0 Å². The SMILES string of the molecule is CCCCC(C(N)=O)N1CNc2cc(CC(=O)Cc3cc(Cl)cc(Cl)c3)cnc21. The first-order valence-electron chi connectivity index (χ1n) is 9.62. The Morgan fingerprint density at radius 2 is 1.86 bits per heavy atom. The summed E-state index contributed by atoms with van der Waals surface area (Å²) in [7, 11) is 0. The summed E-state index contributed by atoms with van der Waals surface area (Å²) in [5, 5.41) is 4.27. The van der Waals surface area contributed by atoms with E-state index >= 15 is 0 Å². The Morgan fingerprint density at radius 1 is 1.17 bits per heavy atom. The lowest BCUT2D eigenvalue weighted by Gasteiger charge is -2.25. The number of carbonyl (C=O) groups excluding carboxylic acids is 2. The van der Waals surface area contributed by atoms with Crippen LogP contribution < -0.4 is 16.0 Å². The summed E-state index contributed by atoms with van der Waals surface area (Å²) < 4.78 is 0. The minimum absolute atomic E-state index is 0.0397. The van der Waals surface area contributed by atoms with E-state index in [0.717, 1.165) is 29.7 Å². The van der Waals surface area contributed by atoms with Crippen molar-refractivity contribution in [1.82, 2.24) is 4.98 Å². The van der Waals surface area contributed by atoms with Crippen molar-refractivity contribution < 1.29 is 9.59 Å². The minimum atomic E-state index is -0.392. The van der Waals surface area contributed by atoms with Gasteiger partial charge in [0.15, 0.2) is 5.82 Å². The molecule has 0 bridgehead atoms. The van der Waals surface area contributed by atoms with Crippen LogP contribution in [0.5, 0.6) is 0 Å². The number of pyridine rings is 1. The molecular formula is C21H24Cl2N4O2. The third-order valence-corrected chi connectivity index (χ3v) is 5.33. The van der Waals surface area contributed by atoms with Gasteiger partial charge in [0.05, 0.1) is 12.4 Å². The molecule has 1 aromatic carbocycles. The zero-order chi connectivity index (χ0) is 21.0. The largest absolute Gasteiger partial charge is 0.368 e. The molecule has 2 heterocycles. The number of ketones is 1. The van der Waals surface area contributed by atoms with Gasteiger partial charge in [-0.15, -0.1) is 0 Å². The number of nitrogens with zero attached hydrogens (tertiary/aromatic N) is 2. The van der Waals surface area contributed by atoms with Gasteiger partial charge in [-0.2, -0.15) is 0 Å². The number of Topliss-reactive ketones (excluding diaryl/α,β-unsaturated/α-hetero) is 1. The number of amides is 1. The molecular weight excluding hydrogens is 411 g/mol. The van der Waals surface area contributed by atoms with Gasteiger partial charge in [-0.1, -0.05) is 43.0 Å². The van der Waals surface area contributed by atoms with E-state index in [2.05, 4.69) is 17.2 Å². The number of anilines is 2. The van der Waals surface area contributed by atoms with E-state index in [1.165, 1.54) is 0 Å². The first-order chi connectivity index (χ1) is 13.9. The molecule has 3 rings (SSSR count). The van der Waals surface area contributed by atoms with Gasteiger partial charge < -0.3 is 16.0 Å². The smallest absolute Gasteiger partial charge is 0.240 e. The highest BCUT2D eigenvalue weighted by Crippen LogP contribution is 2.32. The molecule has 154 valence electrons. The van der Waals surface area contributed by atoms with Crippen molar-refractivity contribution in [2.24, 2.45) is 5.73 Å². The van der Waals surface area contributed by atoms with Gasteiger partial charge in [-0.3, -0.25) is 9.59 Å². The molecule has 0 radical (unpaired) electrons. The molecule has 2 aromatic rings. The lowest BCUT2D eigenvalue weighted by molar-refractivity contribution is -0.119. The maximum absolute atomic E-state index is 12.5. The lowest BCUT2D eigenvalue weighted by atomic mass is 10.0. The van der Waals surface area contributed by atoms with Crippen LogP contribution in [0.4, 0.5) is 11.5 Å². The maximum Gasteiger partial charge on any atom is 0.240 e. The van der Waals surface area contributed by atoms with Crippen molar-refractivity contribution in [3.05, 3.63) is 51.6 Å². The predicted octanol–water partition coefficient (Wildman–Crippen LogP) is 3.98. The number of nitrogens with two attached hydrogens (primary N) is 1. The Labute approximate surface area is 180 Å². The molecule has 3 N–H and O–H groups in total. The van der Waals surface area contributed by atoms with Crippen LogP contribution in [0, 0.1) is 0 Å². The number of carbonyl (C=O) groups is 2. The number of aromatic nitrogens is 1. The van der Waals surface area contributed by atoms with Gasteiger partial charge in [0.25, 0.3) is 0 Å². The Bertz CT molecular complexity index is 899. The molecule has 1 aliphatic heterocycles. The van der Waals surface area contributed by atoms with Crippen molar-refractivity contribution in [3.8, 4) is 0 Å². The van der Waals surface area contributed by atoms with Crippen molar-refractivity contribution in [1.29, 1.82) is 0 Å². The van der Waals surface area contributed by atoms with E-state index in [9.17, 15) is 9.59 Å². The van der Waals surface area contributed by atoms with Crippen molar-refractivity contribution in [2.45, 2.75) is 45.1 Å². The van der Waals surface area contributed by atoms with Crippen LogP contribution in [-0.4, -0.2) is 29.4 Å². The summed E-state index contributed by atoms with van der Waals surface area (Å²) in [4.78, 5) is 30.8. The van der Waals surface area contributed by atoms with Gasteiger partial charge in [0, 0.05) is 29.1 Å². The van der Waals surface area contributed by atoms with E-state index < -0.39 is 6.04 Å². The van der Waals surface area contributed by atoms with Gasteiger partial charge in [0.1, 0.15) is 11.8 Å². The normalized spacial score (nSPS) is 13.7. The number of hydrogen-bond donors (Lipinski definition) is 2. The Kier molecular flexibility index (Phi) is 6.98. The van der Waals surface area contributed by atoms with E-state index in [4.69, 9.17) is 28.9 Å². The molecule has 0 aliphatic carbocycles. The molecule has 0 spiro atoms. The van der Waals surface area contributed by atoms with Crippen LogP contribution in [0.2, 0.25) is 10.0 Å². The molecule has 0 fully saturated rings. The average Bonchev–Trinajstić information content (AvgIpc) is 3.04. The fourth-order valence-electron chi connectivity index (χ4n) is 3.54. The van der Waals surface area contributed by atoms with Gasteiger partial charge in [-0.25, -0.2) is 4.98 Å². The molecule has 1 atom stereocenters. The lowest BCUT2D eigenvalue weighted by Crippen LogP contribution is -2.45. The summed E-state index contributed by atoms with van der Waals surface area (Å²) in [6.07, 6.45) is 4.78.